The second-order valence-corrected chi connectivity index (χ2v) is 5.93. The van der Waals surface area contributed by atoms with Gasteiger partial charge in [-0.15, -0.1) is 0 Å². The summed E-state index contributed by atoms with van der Waals surface area (Å²) in [5.41, 5.74) is 4.20. The molecular weight excluding hydrogens is 276 g/mol. The van der Waals surface area contributed by atoms with Crippen molar-refractivity contribution >= 4 is 11.6 Å². The number of hydrogen-bond acceptors (Lipinski definition) is 3. The van der Waals surface area contributed by atoms with Crippen LogP contribution in [-0.4, -0.2) is 10.9 Å². The summed E-state index contributed by atoms with van der Waals surface area (Å²) >= 11 is 0. The van der Waals surface area contributed by atoms with Crippen molar-refractivity contribution in [2.45, 2.75) is 33.1 Å². The second-order valence-electron chi connectivity index (χ2n) is 5.93. The van der Waals surface area contributed by atoms with Crippen molar-refractivity contribution in [1.82, 2.24) is 4.98 Å². The Balaban J connectivity index is 1.80. The normalized spacial score (nSPS) is 14.5. The van der Waals surface area contributed by atoms with E-state index in [1.54, 1.807) is 6.26 Å². The van der Waals surface area contributed by atoms with Gasteiger partial charge in [0.05, 0.1) is 5.69 Å². The van der Waals surface area contributed by atoms with E-state index >= 15 is 0 Å². The zero-order chi connectivity index (χ0) is 15.7. The van der Waals surface area contributed by atoms with E-state index in [1.165, 1.54) is 6.42 Å². The average molecular weight is 296 g/mol. The van der Waals surface area contributed by atoms with E-state index in [9.17, 15) is 4.79 Å². The standard InChI is InChI=1S/C18H20N2O2/c1-11-7-8-15(9-16(11)18-19-12(2)10-22-18)20-17(21)13(3)14-5-4-6-14/h7-10,14H,3-6H2,1-2H3,(H,20,21). The first kappa shape index (κ1) is 14.6. The molecule has 0 spiro atoms. The van der Waals surface area contributed by atoms with Gasteiger partial charge >= 0.3 is 0 Å². The Morgan fingerprint density at radius 1 is 1.36 bits per heavy atom. The first-order chi connectivity index (χ1) is 10.5. The van der Waals surface area contributed by atoms with Gasteiger partial charge < -0.3 is 9.73 Å². The third kappa shape index (κ3) is 2.82. The van der Waals surface area contributed by atoms with Crippen molar-refractivity contribution in [2.75, 3.05) is 5.32 Å². The number of anilines is 1. The molecule has 2 aromatic rings. The predicted octanol–water partition coefficient (Wildman–Crippen LogP) is 4.25. The summed E-state index contributed by atoms with van der Waals surface area (Å²) < 4.78 is 5.46. The minimum atomic E-state index is -0.0944. The number of rotatable bonds is 4. The average Bonchev–Trinajstić information content (AvgIpc) is 2.85. The van der Waals surface area contributed by atoms with Crippen molar-refractivity contribution in [3.05, 3.63) is 47.9 Å². The number of nitrogens with one attached hydrogen (secondary N) is 1. The molecular formula is C18H20N2O2. The number of carbonyl (C=O) groups excluding carboxylic acids is 1. The highest BCUT2D eigenvalue weighted by Crippen LogP contribution is 2.33. The molecule has 3 rings (SSSR count). The molecule has 22 heavy (non-hydrogen) atoms. The molecule has 4 nitrogen and oxygen atoms in total. The van der Waals surface area contributed by atoms with Gasteiger partial charge in [-0.25, -0.2) is 4.98 Å². The summed E-state index contributed by atoms with van der Waals surface area (Å²) in [7, 11) is 0. The van der Waals surface area contributed by atoms with Gasteiger partial charge in [0.25, 0.3) is 5.91 Å². The maximum Gasteiger partial charge on any atom is 0.251 e. The maximum absolute atomic E-state index is 12.2. The van der Waals surface area contributed by atoms with E-state index in [0.717, 1.165) is 35.3 Å². The Labute approximate surface area is 130 Å². The van der Waals surface area contributed by atoms with Crippen LogP contribution in [0.3, 0.4) is 0 Å². The van der Waals surface area contributed by atoms with Crippen LogP contribution >= 0.6 is 0 Å². The Hall–Kier alpha value is -2.36. The van der Waals surface area contributed by atoms with Crippen molar-refractivity contribution < 1.29 is 9.21 Å². The Morgan fingerprint density at radius 2 is 2.14 bits per heavy atom. The topological polar surface area (TPSA) is 55.1 Å². The highest BCUT2D eigenvalue weighted by molar-refractivity contribution is 6.04. The molecule has 0 atom stereocenters. The zero-order valence-electron chi connectivity index (χ0n) is 13.0. The van der Waals surface area contributed by atoms with Crippen LogP contribution in [0.15, 0.2) is 41.0 Å². The molecule has 0 radical (unpaired) electrons. The van der Waals surface area contributed by atoms with E-state index in [4.69, 9.17) is 4.42 Å². The number of oxazole rings is 1. The van der Waals surface area contributed by atoms with Crippen LogP contribution in [0, 0.1) is 19.8 Å². The summed E-state index contributed by atoms with van der Waals surface area (Å²) in [5.74, 6) is 0.825. The number of benzene rings is 1. The number of hydrogen-bond donors (Lipinski definition) is 1. The predicted molar refractivity (Wildman–Crippen MR) is 86.5 cm³/mol. The lowest BCUT2D eigenvalue weighted by molar-refractivity contribution is -0.113. The van der Waals surface area contributed by atoms with E-state index in [2.05, 4.69) is 16.9 Å². The van der Waals surface area contributed by atoms with Crippen LogP contribution < -0.4 is 5.32 Å². The van der Waals surface area contributed by atoms with E-state index in [0.29, 0.717) is 17.4 Å². The molecule has 1 saturated carbocycles. The van der Waals surface area contributed by atoms with Crippen LogP contribution in [0.2, 0.25) is 0 Å². The monoisotopic (exact) mass is 296 g/mol. The van der Waals surface area contributed by atoms with Crippen molar-refractivity contribution in [2.24, 2.45) is 5.92 Å². The molecule has 1 aliphatic rings. The van der Waals surface area contributed by atoms with Gasteiger partial charge in [-0.1, -0.05) is 19.1 Å². The van der Waals surface area contributed by atoms with Crippen LogP contribution in [0.4, 0.5) is 5.69 Å². The Bertz CT molecular complexity index is 726. The highest BCUT2D eigenvalue weighted by atomic mass is 16.3. The maximum atomic E-state index is 12.2. The lowest BCUT2D eigenvalue weighted by Crippen LogP contribution is -2.23. The van der Waals surface area contributed by atoms with Crippen molar-refractivity contribution in [3.63, 3.8) is 0 Å². The molecule has 1 heterocycles. The zero-order valence-corrected chi connectivity index (χ0v) is 13.0. The molecule has 1 aromatic carbocycles. The molecule has 114 valence electrons. The number of carbonyl (C=O) groups is 1. The van der Waals surface area contributed by atoms with Crippen LogP contribution in [0.1, 0.15) is 30.5 Å². The minimum Gasteiger partial charge on any atom is -0.444 e. The minimum absolute atomic E-state index is 0.0944. The number of aromatic nitrogens is 1. The molecule has 0 saturated heterocycles. The van der Waals surface area contributed by atoms with E-state index < -0.39 is 0 Å². The van der Waals surface area contributed by atoms with Gasteiger partial charge in [0, 0.05) is 16.8 Å². The molecule has 1 aliphatic carbocycles. The molecule has 4 heteroatoms. The third-order valence-electron chi connectivity index (χ3n) is 4.23. The van der Waals surface area contributed by atoms with Crippen LogP contribution in [0.25, 0.3) is 11.5 Å². The quantitative estimate of drug-likeness (QED) is 0.858. The lowest BCUT2D eigenvalue weighted by Gasteiger charge is -2.26. The van der Waals surface area contributed by atoms with Crippen molar-refractivity contribution in [3.8, 4) is 11.5 Å². The van der Waals surface area contributed by atoms with Gasteiger partial charge in [-0.3, -0.25) is 4.79 Å². The fourth-order valence-electron chi connectivity index (χ4n) is 2.56. The van der Waals surface area contributed by atoms with Gasteiger partial charge in [-0.05, 0) is 50.3 Å². The Morgan fingerprint density at radius 3 is 2.73 bits per heavy atom. The summed E-state index contributed by atoms with van der Waals surface area (Å²) in [6.07, 6.45) is 4.95. The second kappa shape index (κ2) is 5.79. The van der Waals surface area contributed by atoms with Crippen LogP contribution in [-0.2, 0) is 4.79 Å². The summed E-state index contributed by atoms with van der Waals surface area (Å²) in [5, 5.41) is 2.93. The first-order valence-electron chi connectivity index (χ1n) is 7.58. The fourth-order valence-corrected chi connectivity index (χ4v) is 2.56. The third-order valence-corrected chi connectivity index (χ3v) is 4.23. The molecule has 1 fully saturated rings. The van der Waals surface area contributed by atoms with Crippen molar-refractivity contribution in [1.29, 1.82) is 0 Å². The first-order valence-corrected chi connectivity index (χ1v) is 7.58. The highest BCUT2D eigenvalue weighted by Gasteiger charge is 2.25. The van der Waals surface area contributed by atoms with E-state index in [1.807, 2.05) is 32.0 Å². The van der Waals surface area contributed by atoms with E-state index in [-0.39, 0.29) is 5.91 Å². The molecule has 0 bridgehead atoms. The SMILES string of the molecule is C=C(C(=O)Nc1ccc(C)c(-c2nc(C)co2)c1)C1CCC1. The molecule has 0 unspecified atom stereocenters. The summed E-state index contributed by atoms with van der Waals surface area (Å²) in [6.45, 7) is 7.81. The molecule has 1 N–H and O–H groups in total. The molecule has 0 aliphatic heterocycles. The smallest absolute Gasteiger partial charge is 0.251 e. The molecule has 1 amide bonds. The van der Waals surface area contributed by atoms with Gasteiger partial charge in [0.15, 0.2) is 0 Å². The lowest BCUT2D eigenvalue weighted by atomic mass is 9.80. The largest absolute Gasteiger partial charge is 0.444 e. The van der Waals surface area contributed by atoms with Gasteiger partial charge in [-0.2, -0.15) is 0 Å². The number of aryl methyl sites for hydroxylation is 2. The fraction of sp³-hybridized carbons (Fsp3) is 0.333. The number of nitrogens with zero attached hydrogens (tertiary/aromatic N) is 1. The Kier molecular flexibility index (Phi) is 3.84. The van der Waals surface area contributed by atoms with Gasteiger partial charge in [0.2, 0.25) is 5.89 Å². The summed E-state index contributed by atoms with van der Waals surface area (Å²) in [6, 6.07) is 5.74. The van der Waals surface area contributed by atoms with Crippen LogP contribution in [0.5, 0.6) is 0 Å². The molecule has 1 aromatic heterocycles. The van der Waals surface area contributed by atoms with Gasteiger partial charge in [0.1, 0.15) is 6.26 Å². The summed E-state index contributed by atoms with van der Waals surface area (Å²) in [4.78, 5) is 16.6. The number of amides is 1.